The number of nitrogens with zero attached hydrogens (tertiary/aromatic N) is 3. The third-order valence-electron chi connectivity index (χ3n) is 24.5. The number of nitrogens with two attached hydrogens (primary N) is 1. The fraction of sp³-hybridized carbons (Fsp3) is 0.685. The van der Waals surface area contributed by atoms with Crippen molar-refractivity contribution < 1.29 is 114 Å². The highest BCUT2D eigenvalue weighted by Crippen LogP contribution is 2.72. The summed E-state index contributed by atoms with van der Waals surface area (Å²) in [6, 6.07) is 11.4. The van der Waals surface area contributed by atoms with Gasteiger partial charge in [0.25, 0.3) is 0 Å². The number of hydrazone groups is 1. The highest BCUT2D eigenvalue weighted by atomic mass is 19.1. The summed E-state index contributed by atoms with van der Waals surface area (Å²) in [5.74, 6) is 5.16. The summed E-state index contributed by atoms with van der Waals surface area (Å²) in [6.45, 7) is 18.4. The molecule has 0 aromatic heterocycles. The average Bonchev–Trinajstić information content (AvgIpc) is 1.45. The van der Waals surface area contributed by atoms with Crippen molar-refractivity contribution in [1.29, 1.82) is 0 Å². The Balaban J connectivity index is 0.708. The van der Waals surface area contributed by atoms with E-state index >= 15 is 13.6 Å². The van der Waals surface area contributed by atoms with Gasteiger partial charge in [0, 0.05) is 66.8 Å². The third kappa shape index (κ3) is 27.8. The molecule has 32 nitrogen and oxygen atoms in total. The van der Waals surface area contributed by atoms with E-state index in [1.54, 1.807) is 25.7 Å². The molecule has 9 N–H and O–H groups in total. The first-order chi connectivity index (χ1) is 60.8. The third-order valence-corrected chi connectivity index (χ3v) is 24.5. The number of fused-ring (bicyclic) bond motifs is 9. The largest absolute Gasteiger partial charge is 0.390 e. The smallest absolute Gasteiger partial charge is 0.246 e. The van der Waals surface area contributed by atoms with Crippen LogP contribution in [0.2, 0.25) is 0 Å². The topological polar surface area (TPSA) is 411 Å². The number of benzene rings is 2. The number of hydrogen-bond acceptors (Lipinski definition) is 25. The van der Waals surface area contributed by atoms with Gasteiger partial charge < -0.3 is 105 Å². The number of hydrogen-bond donors (Lipinski definition) is 8. The minimum Gasteiger partial charge on any atom is -0.390 e. The fourth-order valence-corrected chi connectivity index (χ4v) is 17.9. The molecule has 0 radical (unpaired) electrons. The van der Waals surface area contributed by atoms with E-state index in [-0.39, 0.29) is 135 Å². The number of carbonyl (C=O) groups is 9. The molecule has 34 heteroatoms. The van der Waals surface area contributed by atoms with E-state index in [0.29, 0.717) is 128 Å². The Kier molecular flexibility index (Phi) is 41.6. The van der Waals surface area contributed by atoms with Crippen LogP contribution in [0.1, 0.15) is 174 Å². The highest BCUT2D eigenvalue weighted by Gasteiger charge is 2.80. The Morgan fingerprint density at radius 3 is 1.96 bits per heavy atom. The number of carbonyl (C=O) groups excluding carboxylic acids is 9. The number of allylic oxidation sites excluding steroid dienone is 4. The molecule has 2 aliphatic heterocycles. The Hall–Kier alpha value is -8.41. The minimum atomic E-state index is -2.43. The molecule has 698 valence electrons. The predicted molar refractivity (Wildman–Crippen MR) is 464 cm³/mol. The molecule has 2 unspecified atom stereocenters. The van der Waals surface area contributed by atoms with E-state index in [1.165, 1.54) is 26.0 Å². The number of unbranched alkanes of at least 4 members (excludes halogenated alkanes) is 1. The fourth-order valence-electron chi connectivity index (χ4n) is 17.9. The van der Waals surface area contributed by atoms with Crippen molar-refractivity contribution in [3.63, 3.8) is 0 Å². The number of aliphatic imine (C=N–C) groups is 1. The maximum absolute atomic E-state index is 18.2. The van der Waals surface area contributed by atoms with Crippen molar-refractivity contribution in [2.24, 2.45) is 44.5 Å². The molecule has 1 saturated heterocycles. The zero-order valence-corrected chi connectivity index (χ0v) is 74.4. The zero-order chi connectivity index (χ0) is 90.5. The number of rotatable bonds is 55. The number of aliphatic hydroxyl groups excluding tert-OH is 1. The lowest BCUT2D eigenvalue weighted by atomic mass is 9.44. The zero-order valence-electron chi connectivity index (χ0n) is 74.4. The van der Waals surface area contributed by atoms with Gasteiger partial charge in [0.15, 0.2) is 29.1 Å². The molecule has 9 rings (SSSR count). The van der Waals surface area contributed by atoms with Crippen LogP contribution in [0, 0.1) is 40.4 Å². The molecule has 14 atom stereocenters. The van der Waals surface area contributed by atoms with Gasteiger partial charge in [-0.05, 0) is 138 Å². The van der Waals surface area contributed by atoms with E-state index in [0.717, 1.165) is 55.1 Å². The summed E-state index contributed by atoms with van der Waals surface area (Å²) in [6.07, 6.45) is 3.62. The molecule has 2 heterocycles. The van der Waals surface area contributed by atoms with Crippen molar-refractivity contribution >= 4 is 70.0 Å². The second kappa shape index (κ2) is 51.7. The summed E-state index contributed by atoms with van der Waals surface area (Å²) in [5, 5.41) is 32.8. The number of ketones is 2. The van der Waals surface area contributed by atoms with Crippen LogP contribution in [0.5, 0.6) is 0 Å². The first-order valence-corrected chi connectivity index (χ1v) is 45.0. The van der Waals surface area contributed by atoms with Crippen molar-refractivity contribution in [3.05, 3.63) is 89.0 Å². The second-order valence-corrected chi connectivity index (χ2v) is 33.6. The molecule has 2 aromatic carbocycles. The average molecular weight is 1770 g/mol. The van der Waals surface area contributed by atoms with Gasteiger partial charge in [0.2, 0.25) is 41.4 Å². The molecule has 7 amide bonds. The van der Waals surface area contributed by atoms with E-state index in [1.807, 2.05) is 55.5 Å². The van der Waals surface area contributed by atoms with Gasteiger partial charge in [0.05, 0.1) is 156 Å². The molecule has 0 bridgehead atoms. The second-order valence-electron chi connectivity index (χ2n) is 33.6. The Bertz CT molecular complexity index is 4110. The maximum atomic E-state index is 18.2. The molecular weight excluding hydrogens is 1640 g/mol. The van der Waals surface area contributed by atoms with Crippen LogP contribution >= 0.6 is 0 Å². The van der Waals surface area contributed by atoms with Crippen LogP contribution in [0.4, 0.5) is 14.5 Å². The van der Waals surface area contributed by atoms with E-state index in [2.05, 4.69) is 55.8 Å². The van der Waals surface area contributed by atoms with E-state index in [9.17, 15) is 43.5 Å². The maximum Gasteiger partial charge on any atom is 0.246 e. The monoisotopic (exact) mass is 1770 g/mol. The van der Waals surface area contributed by atoms with Crippen molar-refractivity contribution in [1.82, 2.24) is 31.9 Å². The normalized spacial score (nSPS) is 25.5. The summed E-state index contributed by atoms with van der Waals surface area (Å²) in [5.41, 5.74) is -2.91. The predicted octanol–water partition coefficient (Wildman–Crippen LogP) is 6.20. The summed E-state index contributed by atoms with van der Waals surface area (Å²) >= 11 is 0. The van der Waals surface area contributed by atoms with Gasteiger partial charge in [0.1, 0.15) is 42.7 Å². The Morgan fingerprint density at radius 2 is 1.29 bits per heavy atom. The summed E-state index contributed by atoms with van der Waals surface area (Å²) < 4.78 is 104. The standard InChI is InChI=1S/C92H134F2N10O22/c1-8-19-83-125-78-57-68-69-56-71(93)70-55-67(105)31-33-89(70,6)91(69,94)76(106)58-90(68,7)92(78,126-83)77(107)59-99-86(112)63(5)100-88(114)84(62(3)4)102-87(113)73(24-17-18-34-97-81(110)61-124-75-26-12-10-11-23-72(85(75)103-95)96-35-39-117-43-47-121-52-54-123-53-49-119-45-41-115-37-9-2)101-80(109)32-38-116-42-46-120-50-51-122-48-44-118-40-36-98-79(108)29-30-82(111)104-60-66-22-14-13-20-64(66)27-28-65-21-15-16-25-74(65)104/h13-16,20-22,25,31,33,55,62-63,68-69,71,73,75-76,78,83-84,106H,8-12,17-19,23-24,26,29-30,32,34-54,56-61,95H2,1-7H3,(H,97,110)(H,98,108)(H,99,112)(H,100,114)(H,101,109)(H,102,113)/t63-,68-,69-,71-,73+,75?,76-,78+,83?,84-,89-,90-,91-,92+/m0/s1. The lowest BCUT2D eigenvalue weighted by molar-refractivity contribution is -0.234. The minimum absolute atomic E-state index is 0.00634. The van der Waals surface area contributed by atoms with Gasteiger partial charge >= 0.3 is 0 Å². The Morgan fingerprint density at radius 1 is 0.667 bits per heavy atom. The van der Waals surface area contributed by atoms with Crippen molar-refractivity contribution in [3.8, 4) is 11.8 Å². The van der Waals surface area contributed by atoms with Crippen LogP contribution in [0.3, 0.4) is 0 Å². The molecule has 5 fully saturated rings. The van der Waals surface area contributed by atoms with Gasteiger partial charge in [-0.2, -0.15) is 5.10 Å². The highest BCUT2D eigenvalue weighted by molar-refractivity contribution is 6.44. The molecule has 0 spiro atoms. The summed E-state index contributed by atoms with van der Waals surface area (Å²) in [4.78, 5) is 130. The van der Waals surface area contributed by atoms with Crippen LogP contribution in [0.15, 0.2) is 82.4 Å². The van der Waals surface area contributed by atoms with Gasteiger partial charge in [-0.3, -0.25) is 48.1 Å². The summed E-state index contributed by atoms with van der Waals surface area (Å²) in [7, 11) is 0. The number of ether oxygens (including phenoxy) is 12. The first-order valence-electron chi connectivity index (χ1n) is 45.0. The number of aliphatic hydroxyl groups is 1. The van der Waals surface area contributed by atoms with Crippen LogP contribution in [-0.4, -0.2) is 281 Å². The number of alkyl halides is 2. The quantitative estimate of drug-likeness (QED) is 0.0158. The van der Waals surface area contributed by atoms with Gasteiger partial charge in [-0.15, -0.1) is 0 Å². The molecule has 4 saturated carbocycles. The molecule has 2 aromatic rings. The number of Topliss-reactive ketones (excluding diaryl/α,β-unsaturated/α-hetero) is 1. The Labute approximate surface area is 738 Å². The lowest BCUT2D eigenvalue weighted by Crippen LogP contribution is -2.71. The number of nitrogens with one attached hydrogen (secondary N) is 6. The number of anilines is 1. The van der Waals surface area contributed by atoms with Crippen molar-refractivity contribution in [2.75, 3.05) is 157 Å². The van der Waals surface area contributed by atoms with Crippen LogP contribution in [-0.2, 0) is 107 Å². The van der Waals surface area contributed by atoms with Crippen LogP contribution < -0.4 is 42.6 Å². The molecule has 5 aliphatic carbocycles. The lowest BCUT2D eigenvalue weighted by Gasteiger charge is -2.63. The first kappa shape index (κ1) is 101. The molecule has 7 aliphatic rings. The number of halogens is 2. The number of para-hydroxylation sites is 1. The van der Waals surface area contributed by atoms with Gasteiger partial charge in [-0.1, -0.05) is 102 Å². The number of amides is 7. The molecular formula is C92H134F2N10O22. The van der Waals surface area contributed by atoms with Crippen LogP contribution in [0.25, 0.3) is 0 Å². The van der Waals surface area contributed by atoms with Crippen molar-refractivity contribution in [2.45, 2.75) is 224 Å². The SMILES string of the molecule is CCCOCCOCCOCCOCCOCCN=C1CCCCCC(OCC(=O)NCCCC[C@@H](NC(=O)CCOCCOCCOCCOCCNC(=O)CCC(=O)N2Cc3ccccc3C#Cc3ccccc32)C(=O)N[C@H](C(=O)N[C@@H](C)C(=O)NCC(=O)[C@@]23OC(CCC)O[C@@H]2C[C@H]2[C@@H]4C[C@H](F)C5=CC(=O)C=C[C@]5(C)[C@@]4(F)[C@@H](O)C[C@@]23C)C(C)C)C1=NN. The van der Waals surface area contributed by atoms with E-state index < -0.39 is 136 Å². The van der Waals surface area contributed by atoms with Gasteiger partial charge in [-0.25, -0.2) is 8.78 Å². The molecule has 126 heavy (non-hydrogen) atoms. The van der Waals surface area contributed by atoms with E-state index in [4.69, 9.17) is 67.7 Å².